The Kier molecular flexibility index (Phi) is 9.67. The molecule has 0 aliphatic carbocycles. The minimum Gasteiger partial charge on any atom is -0.352 e. The van der Waals surface area contributed by atoms with Crippen LogP contribution in [-0.2, 0) is 26.2 Å². The molecular weight excluding hydrogens is 450 g/mol. The van der Waals surface area contributed by atoms with Crippen molar-refractivity contribution in [2.45, 2.75) is 66.1 Å². The van der Waals surface area contributed by atoms with E-state index in [0.717, 1.165) is 33.7 Å². The van der Waals surface area contributed by atoms with Crippen molar-refractivity contribution in [2.24, 2.45) is 0 Å². The van der Waals surface area contributed by atoms with Gasteiger partial charge in [0, 0.05) is 12.6 Å². The first-order chi connectivity index (χ1) is 16.0. The fraction of sp³-hybridized carbons (Fsp3) is 0.462. The molecule has 2 amide bonds. The van der Waals surface area contributed by atoms with E-state index in [0.29, 0.717) is 12.1 Å². The number of nitrogens with zero attached hydrogens (tertiary/aromatic N) is 2. The van der Waals surface area contributed by atoms with Crippen LogP contribution in [0.5, 0.6) is 0 Å². The molecular formula is C26H37N3O4S. The second-order valence-corrected chi connectivity index (χ2v) is 10.7. The third-order valence-electron chi connectivity index (χ3n) is 5.95. The first-order valence-corrected chi connectivity index (χ1v) is 13.5. The van der Waals surface area contributed by atoms with Crippen molar-refractivity contribution in [1.29, 1.82) is 0 Å². The van der Waals surface area contributed by atoms with Crippen LogP contribution in [0.1, 0.15) is 50.3 Å². The van der Waals surface area contributed by atoms with Crippen molar-refractivity contribution in [3.63, 3.8) is 0 Å². The van der Waals surface area contributed by atoms with Crippen molar-refractivity contribution in [3.05, 3.63) is 65.2 Å². The highest BCUT2D eigenvalue weighted by molar-refractivity contribution is 7.92. The maximum Gasteiger partial charge on any atom is 0.244 e. The van der Waals surface area contributed by atoms with Gasteiger partial charge in [-0.2, -0.15) is 0 Å². The smallest absolute Gasteiger partial charge is 0.244 e. The predicted molar refractivity (Wildman–Crippen MR) is 137 cm³/mol. The van der Waals surface area contributed by atoms with Gasteiger partial charge in [-0.3, -0.25) is 13.9 Å². The van der Waals surface area contributed by atoms with Crippen molar-refractivity contribution in [3.8, 4) is 0 Å². The largest absolute Gasteiger partial charge is 0.352 e. The van der Waals surface area contributed by atoms with E-state index in [9.17, 15) is 18.0 Å². The van der Waals surface area contributed by atoms with Crippen LogP contribution in [0.4, 0.5) is 5.69 Å². The molecule has 8 heteroatoms. The quantitative estimate of drug-likeness (QED) is 0.522. The topological polar surface area (TPSA) is 86.8 Å². The Labute approximate surface area is 204 Å². The summed E-state index contributed by atoms with van der Waals surface area (Å²) in [5.41, 5.74) is 2.88. The molecule has 0 spiro atoms. The molecule has 0 aliphatic rings. The second-order valence-electron chi connectivity index (χ2n) is 8.76. The van der Waals surface area contributed by atoms with Crippen molar-refractivity contribution in [1.82, 2.24) is 10.2 Å². The Morgan fingerprint density at radius 1 is 0.941 bits per heavy atom. The molecule has 0 aliphatic heterocycles. The number of benzene rings is 2. The number of carbonyl (C=O) groups is 2. The summed E-state index contributed by atoms with van der Waals surface area (Å²) < 4.78 is 26.7. The Bertz CT molecular complexity index is 1070. The van der Waals surface area contributed by atoms with Crippen LogP contribution >= 0.6 is 0 Å². The molecule has 1 N–H and O–H groups in total. The zero-order valence-electron chi connectivity index (χ0n) is 21.0. The minimum absolute atomic E-state index is 0.0302. The van der Waals surface area contributed by atoms with E-state index >= 15 is 0 Å². The highest BCUT2D eigenvalue weighted by Gasteiger charge is 2.32. The zero-order chi connectivity index (χ0) is 25.5. The summed E-state index contributed by atoms with van der Waals surface area (Å²) in [7, 11) is -3.75. The van der Waals surface area contributed by atoms with Crippen LogP contribution < -0.4 is 9.62 Å². The lowest BCUT2D eigenvalue weighted by molar-refractivity contribution is -0.140. The van der Waals surface area contributed by atoms with Gasteiger partial charge in [-0.05, 0) is 50.3 Å². The number of sulfonamides is 1. The van der Waals surface area contributed by atoms with Gasteiger partial charge < -0.3 is 10.2 Å². The van der Waals surface area contributed by atoms with E-state index < -0.39 is 22.0 Å². The molecule has 2 aromatic rings. The summed E-state index contributed by atoms with van der Waals surface area (Å²) in [6, 6.07) is 14.1. The molecule has 0 fully saturated rings. The number of hydrogen-bond donors (Lipinski definition) is 1. The van der Waals surface area contributed by atoms with Gasteiger partial charge in [0.2, 0.25) is 21.8 Å². The molecule has 2 rings (SSSR count). The number of rotatable bonds is 11. The zero-order valence-corrected chi connectivity index (χ0v) is 21.9. The lowest BCUT2D eigenvalue weighted by Gasteiger charge is -2.34. The Morgan fingerprint density at radius 2 is 1.53 bits per heavy atom. The highest BCUT2D eigenvalue weighted by Crippen LogP contribution is 2.27. The van der Waals surface area contributed by atoms with Crippen LogP contribution in [-0.4, -0.2) is 50.0 Å². The Morgan fingerprint density at radius 3 is 2.03 bits per heavy atom. The van der Waals surface area contributed by atoms with Gasteiger partial charge in [0.25, 0.3) is 0 Å². The summed E-state index contributed by atoms with van der Waals surface area (Å²) in [5.74, 6) is -0.665. The number of nitrogens with one attached hydrogen (secondary N) is 1. The molecule has 7 nitrogen and oxygen atoms in total. The number of para-hydroxylation sites is 1. The first-order valence-electron chi connectivity index (χ1n) is 11.7. The van der Waals surface area contributed by atoms with E-state index in [2.05, 4.69) is 5.32 Å². The van der Waals surface area contributed by atoms with Gasteiger partial charge in [-0.1, -0.05) is 62.4 Å². The lowest BCUT2D eigenvalue weighted by atomic mass is 10.1. The van der Waals surface area contributed by atoms with Crippen LogP contribution in [0.15, 0.2) is 48.5 Å². The van der Waals surface area contributed by atoms with E-state index in [1.165, 1.54) is 4.90 Å². The number of anilines is 1. The molecule has 0 radical (unpaired) electrons. The summed E-state index contributed by atoms with van der Waals surface area (Å²) >= 11 is 0. The van der Waals surface area contributed by atoms with Crippen molar-refractivity contribution in [2.75, 3.05) is 17.1 Å². The van der Waals surface area contributed by atoms with Gasteiger partial charge in [-0.25, -0.2) is 8.42 Å². The van der Waals surface area contributed by atoms with Crippen LogP contribution in [0.3, 0.4) is 0 Å². The lowest BCUT2D eigenvalue weighted by Crippen LogP contribution is -2.53. The van der Waals surface area contributed by atoms with Gasteiger partial charge in [0.15, 0.2) is 0 Å². The molecule has 0 saturated carbocycles. The van der Waals surface area contributed by atoms with Gasteiger partial charge in [-0.15, -0.1) is 0 Å². The van der Waals surface area contributed by atoms with Crippen molar-refractivity contribution >= 4 is 27.5 Å². The number of aryl methyl sites for hydroxylation is 2. The summed E-state index contributed by atoms with van der Waals surface area (Å²) in [6.07, 6.45) is 2.27. The molecule has 0 saturated heterocycles. The molecule has 0 bridgehead atoms. The summed E-state index contributed by atoms with van der Waals surface area (Å²) in [6.45, 7) is 9.21. The van der Waals surface area contributed by atoms with Crippen molar-refractivity contribution < 1.29 is 18.0 Å². The standard InChI is InChI=1S/C26H37N3O4S/c1-7-21(5)27-26(31)23(8-2)28(17-22-15-10-9-11-16-22)24(30)18-29(34(6,32)33)25-19(3)13-12-14-20(25)4/h9-16,21,23H,7-8,17-18H2,1-6H3,(H,27,31)/t21-,23+/m0/s1. The maximum atomic E-state index is 13.7. The predicted octanol–water partition coefficient (Wildman–Crippen LogP) is 3.79. The molecule has 34 heavy (non-hydrogen) atoms. The molecule has 2 atom stereocenters. The fourth-order valence-corrected chi connectivity index (χ4v) is 4.88. The van der Waals surface area contributed by atoms with Crippen LogP contribution in [0.25, 0.3) is 0 Å². The number of hydrogen-bond acceptors (Lipinski definition) is 4. The van der Waals surface area contributed by atoms with Crippen LogP contribution in [0.2, 0.25) is 0 Å². The molecule has 0 heterocycles. The van der Waals surface area contributed by atoms with E-state index in [-0.39, 0.29) is 25.0 Å². The number of amides is 2. The third-order valence-corrected chi connectivity index (χ3v) is 7.06. The second kappa shape index (κ2) is 12.0. The van der Waals surface area contributed by atoms with E-state index in [1.54, 1.807) is 0 Å². The molecule has 0 unspecified atom stereocenters. The summed E-state index contributed by atoms with van der Waals surface area (Å²) in [4.78, 5) is 28.3. The van der Waals surface area contributed by atoms with Gasteiger partial charge in [0.1, 0.15) is 12.6 Å². The third kappa shape index (κ3) is 7.06. The Balaban J connectivity index is 2.47. The molecule has 2 aromatic carbocycles. The first kappa shape index (κ1) is 27.4. The van der Waals surface area contributed by atoms with Crippen LogP contribution in [0, 0.1) is 13.8 Å². The van der Waals surface area contributed by atoms with E-state index in [4.69, 9.17) is 0 Å². The summed E-state index contributed by atoms with van der Waals surface area (Å²) in [5, 5.41) is 2.97. The number of carbonyl (C=O) groups excluding carboxylic acids is 2. The van der Waals surface area contributed by atoms with Gasteiger partial charge >= 0.3 is 0 Å². The van der Waals surface area contributed by atoms with E-state index in [1.807, 2.05) is 83.1 Å². The normalized spacial score (nSPS) is 13.1. The SMILES string of the molecule is CC[C@H](C(=O)N[C@@H](C)CC)N(Cc1ccccc1)C(=O)CN(c1c(C)cccc1C)S(C)(=O)=O. The monoisotopic (exact) mass is 487 g/mol. The fourth-order valence-electron chi connectivity index (χ4n) is 3.92. The molecule has 186 valence electrons. The van der Waals surface area contributed by atoms with Gasteiger partial charge in [0.05, 0.1) is 11.9 Å². The maximum absolute atomic E-state index is 13.7. The highest BCUT2D eigenvalue weighted by atomic mass is 32.2. The molecule has 0 aromatic heterocycles. The minimum atomic E-state index is -3.75. The average Bonchev–Trinajstić information content (AvgIpc) is 2.77. The average molecular weight is 488 g/mol. The Hall–Kier alpha value is -2.87.